The predicted octanol–water partition coefficient (Wildman–Crippen LogP) is 2.76. The van der Waals surface area contributed by atoms with E-state index in [0.717, 1.165) is 38.0 Å². The van der Waals surface area contributed by atoms with Crippen LogP contribution < -0.4 is 5.32 Å². The normalized spacial score (nSPS) is 18.3. The van der Waals surface area contributed by atoms with Crippen molar-refractivity contribution in [2.75, 3.05) is 46.4 Å². The van der Waals surface area contributed by atoms with E-state index >= 15 is 0 Å². The van der Waals surface area contributed by atoms with Gasteiger partial charge in [-0.05, 0) is 70.6 Å². The molecule has 1 rings (SSSR count). The van der Waals surface area contributed by atoms with Gasteiger partial charge < -0.3 is 15.0 Å². The number of hydrogen-bond donors (Lipinski definition) is 1. The highest BCUT2D eigenvalue weighted by atomic mass is 16.5. The van der Waals surface area contributed by atoms with Crippen LogP contribution in [0.3, 0.4) is 0 Å². The lowest BCUT2D eigenvalue weighted by atomic mass is 9.88. The van der Waals surface area contributed by atoms with Gasteiger partial charge in [0.2, 0.25) is 0 Å². The molecular weight excluding hydrogens is 236 g/mol. The molecule has 19 heavy (non-hydrogen) atoms. The minimum atomic E-state index is 0.863. The van der Waals surface area contributed by atoms with Crippen molar-refractivity contribution in [2.24, 2.45) is 11.8 Å². The molecule has 0 atom stereocenters. The van der Waals surface area contributed by atoms with Gasteiger partial charge in [-0.15, -0.1) is 0 Å². The van der Waals surface area contributed by atoms with Gasteiger partial charge in [0.15, 0.2) is 0 Å². The van der Waals surface area contributed by atoms with Crippen LogP contribution in [0, 0.1) is 11.8 Å². The van der Waals surface area contributed by atoms with Crippen LogP contribution in [-0.2, 0) is 4.74 Å². The van der Waals surface area contributed by atoms with Crippen molar-refractivity contribution in [3.05, 3.63) is 0 Å². The summed E-state index contributed by atoms with van der Waals surface area (Å²) in [6.07, 6.45) is 6.54. The van der Waals surface area contributed by atoms with Crippen molar-refractivity contribution in [1.82, 2.24) is 10.2 Å². The summed E-state index contributed by atoms with van der Waals surface area (Å²) >= 11 is 0. The first-order valence-corrected chi connectivity index (χ1v) is 8.17. The smallest absolute Gasteiger partial charge is 0.0478 e. The summed E-state index contributed by atoms with van der Waals surface area (Å²) in [6.45, 7) is 11.4. The SMILES string of the molecule is CNCCCOCCCN1CCC(CC(C)C)CC1. The Hall–Kier alpha value is -0.120. The number of ether oxygens (including phenoxy) is 1. The van der Waals surface area contributed by atoms with Crippen LogP contribution in [0.4, 0.5) is 0 Å². The molecule has 1 saturated heterocycles. The van der Waals surface area contributed by atoms with Crippen molar-refractivity contribution in [2.45, 2.75) is 46.0 Å². The average Bonchev–Trinajstić information content (AvgIpc) is 2.39. The van der Waals surface area contributed by atoms with E-state index in [-0.39, 0.29) is 0 Å². The Morgan fingerprint density at radius 3 is 2.47 bits per heavy atom. The van der Waals surface area contributed by atoms with Crippen LogP contribution in [0.25, 0.3) is 0 Å². The summed E-state index contributed by atoms with van der Waals surface area (Å²) in [4.78, 5) is 2.62. The van der Waals surface area contributed by atoms with E-state index < -0.39 is 0 Å². The zero-order valence-electron chi connectivity index (χ0n) is 13.3. The molecule has 0 aromatic heterocycles. The average molecular weight is 270 g/mol. The Labute approximate surface area is 120 Å². The van der Waals surface area contributed by atoms with Crippen LogP contribution in [0.5, 0.6) is 0 Å². The highest BCUT2D eigenvalue weighted by Gasteiger charge is 2.19. The zero-order chi connectivity index (χ0) is 13.9. The largest absolute Gasteiger partial charge is 0.381 e. The lowest BCUT2D eigenvalue weighted by molar-refractivity contribution is 0.108. The summed E-state index contributed by atoms with van der Waals surface area (Å²) in [5.74, 6) is 1.84. The Morgan fingerprint density at radius 2 is 1.84 bits per heavy atom. The lowest BCUT2D eigenvalue weighted by Gasteiger charge is -2.32. The number of hydrogen-bond acceptors (Lipinski definition) is 3. The van der Waals surface area contributed by atoms with Gasteiger partial charge in [-0.1, -0.05) is 13.8 Å². The van der Waals surface area contributed by atoms with Crippen molar-refractivity contribution in [1.29, 1.82) is 0 Å². The van der Waals surface area contributed by atoms with Crippen LogP contribution >= 0.6 is 0 Å². The Balaban J connectivity index is 1.92. The molecule has 0 aromatic rings. The summed E-state index contributed by atoms with van der Waals surface area (Å²) in [6, 6.07) is 0. The maximum absolute atomic E-state index is 5.63. The molecule has 0 aromatic carbocycles. The maximum Gasteiger partial charge on any atom is 0.0478 e. The van der Waals surface area contributed by atoms with E-state index in [0.29, 0.717) is 0 Å². The number of nitrogens with one attached hydrogen (secondary N) is 1. The highest BCUT2D eigenvalue weighted by Crippen LogP contribution is 2.23. The first kappa shape index (κ1) is 16.9. The second-order valence-electron chi connectivity index (χ2n) is 6.34. The van der Waals surface area contributed by atoms with Crippen molar-refractivity contribution in [3.8, 4) is 0 Å². The van der Waals surface area contributed by atoms with Gasteiger partial charge in [-0.2, -0.15) is 0 Å². The van der Waals surface area contributed by atoms with Gasteiger partial charge in [0.25, 0.3) is 0 Å². The van der Waals surface area contributed by atoms with E-state index in [9.17, 15) is 0 Å². The van der Waals surface area contributed by atoms with Crippen molar-refractivity contribution >= 4 is 0 Å². The minimum Gasteiger partial charge on any atom is -0.381 e. The predicted molar refractivity (Wildman–Crippen MR) is 82.6 cm³/mol. The second kappa shape index (κ2) is 10.6. The standard InChI is InChI=1S/C16H34N2O/c1-15(2)14-16-6-10-18(11-7-16)9-5-13-19-12-4-8-17-3/h15-17H,4-14H2,1-3H3. The molecule has 114 valence electrons. The first-order chi connectivity index (χ1) is 9.22. The topological polar surface area (TPSA) is 24.5 Å². The number of nitrogens with zero attached hydrogens (tertiary/aromatic N) is 1. The molecule has 3 heteroatoms. The van der Waals surface area contributed by atoms with Crippen molar-refractivity contribution < 1.29 is 4.74 Å². The summed E-state index contributed by atoms with van der Waals surface area (Å²) in [5, 5.41) is 3.14. The number of piperidine rings is 1. The summed E-state index contributed by atoms with van der Waals surface area (Å²) in [5.41, 5.74) is 0. The third-order valence-corrected chi connectivity index (χ3v) is 3.99. The van der Waals surface area contributed by atoms with E-state index in [2.05, 4.69) is 24.1 Å². The van der Waals surface area contributed by atoms with Crippen LogP contribution in [-0.4, -0.2) is 51.3 Å². The fourth-order valence-electron chi connectivity index (χ4n) is 2.96. The van der Waals surface area contributed by atoms with Crippen LogP contribution in [0.1, 0.15) is 46.0 Å². The van der Waals surface area contributed by atoms with E-state index in [1.54, 1.807) is 0 Å². The van der Waals surface area contributed by atoms with E-state index in [1.165, 1.54) is 45.3 Å². The molecule has 1 fully saturated rings. The van der Waals surface area contributed by atoms with Gasteiger partial charge in [0, 0.05) is 19.8 Å². The minimum absolute atomic E-state index is 0.863. The molecule has 3 nitrogen and oxygen atoms in total. The highest BCUT2D eigenvalue weighted by molar-refractivity contribution is 4.73. The molecule has 1 aliphatic heterocycles. The number of rotatable bonds is 10. The van der Waals surface area contributed by atoms with E-state index in [1.807, 2.05) is 7.05 Å². The lowest BCUT2D eigenvalue weighted by Crippen LogP contribution is -2.35. The zero-order valence-corrected chi connectivity index (χ0v) is 13.3. The van der Waals surface area contributed by atoms with Crippen LogP contribution in [0.2, 0.25) is 0 Å². The summed E-state index contributed by atoms with van der Waals surface area (Å²) in [7, 11) is 1.99. The quantitative estimate of drug-likeness (QED) is 0.618. The maximum atomic E-state index is 5.63. The Bertz CT molecular complexity index is 201. The fourth-order valence-corrected chi connectivity index (χ4v) is 2.96. The van der Waals surface area contributed by atoms with Crippen molar-refractivity contribution in [3.63, 3.8) is 0 Å². The van der Waals surface area contributed by atoms with Gasteiger partial charge in [0.05, 0.1) is 0 Å². The van der Waals surface area contributed by atoms with E-state index in [4.69, 9.17) is 4.74 Å². The monoisotopic (exact) mass is 270 g/mol. The molecule has 1 aliphatic rings. The van der Waals surface area contributed by atoms with Gasteiger partial charge in [-0.3, -0.25) is 0 Å². The molecule has 0 spiro atoms. The molecule has 0 aliphatic carbocycles. The molecule has 0 radical (unpaired) electrons. The number of likely N-dealkylation sites (tertiary alicyclic amines) is 1. The molecule has 1 heterocycles. The summed E-state index contributed by atoms with van der Waals surface area (Å²) < 4.78 is 5.63. The Morgan fingerprint density at radius 1 is 1.16 bits per heavy atom. The second-order valence-corrected chi connectivity index (χ2v) is 6.34. The third kappa shape index (κ3) is 8.61. The molecule has 0 amide bonds. The molecule has 0 bridgehead atoms. The van der Waals surface area contributed by atoms with Gasteiger partial charge in [-0.25, -0.2) is 0 Å². The first-order valence-electron chi connectivity index (χ1n) is 8.17. The molecule has 0 saturated carbocycles. The molecule has 0 unspecified atom stereocenters. The fraction of sp³-hybridized carbons (Fsp3) is 1.00. The Kier molecular flexibility index (Phi) is 9.48. The molecule has 1 N–H and O–H groups in total. The third-order valence-electron chi connectivity index (χ3n) is 3.99. The van der Waals surface area contributed by atoms with Crippen LogP contribution in [0.15, 0.2) is 0 Å². The molecular formula is C16H34N2O. The van der Waals surface area contributed by atoms with Gasteiger partial charge >= 0.3 is 0 Å². The van der Waals surface area contributed by atoms with Gasteiger partial charge in [0.1, 0.15) is 0 Å².